The van der Waals surface area contributed by atoms with Crippen LogP contribution in [0.1, 0.15) is 52.7 Å². The predicted octanol–water partition coefficient (Wildman–Crippen LogP) is 4.59. The van der Waals surface area contributed by atoms with Crippen molar-refractivity contribution in [3.8, 4) is 0 Å². The van der Waals surface area contributed by atoms with Crippen LogP contribution in [0.3, 0.4) is 0 Å². The number of likely N-dealkylation sites (tertiary alicyclic amines) is 1. The molecule has 42 heavy (non-hydrogen) atoms. The van der Waals surface area contributed by atoms with E-state index in [1.165, 1.54) is 11.1 Å². The third-order valence-corrected chi connectivity index (χ3v) is 8.73. The number of hydrogen-bond donors (Lipinski definition) is 4. The molecule has 2 aliphatic heterocycles. The standard InChI is InChI=1S/C34H37N5O3/c1-22(29-21-36-30-10-6-5-9-28(29)30)31(33(41)37-27-12-11-23-13-16-35-20-26(23)19-27)38-32(40)24-14-17-39(18-15-24)34(42)25-7-3-2-4-8-25/h2-12,19,21-22,24,31,35-36H,13-18,20H2,1H3,(H,37,41)(H,38,40)/t22-,31-/m1/s1. The molecule has 6 rings (SSSR count). The maximum atomic E-state index is 13.9. The third kappa shape index (κ3) is 5.81. The highest BCUT2D eigenvalue weighted by Crippen LogP contribution is 2.29. The van der Waals surface area contributed by atoms with E-state index in [1.807, 2.05) is 84.8 Å². The zero-order chi connectivity index (χ0) is 29.1. The molecule has 0 radical (unpaired) electrons. The Balaban J connectivity index is 1.18. The van der Waals surface area contributed by atoms with E-state index in [1.54, 1.807) is 0 Å². The molecule has 4 N–H and O–H groups in total. The van der Waals surface area contributed by atoms with Crippen molar-refractivity contribution in [3.05, 3.63) is 101 Å². The second-order valence-electron chi connectivity index (χ2n) is 11.4. The fourth-order valence-electron chi connectivity index (χ4n) is 6.23. The van der Waals surface area contributed by atoms with Gasteiger partial charge >= 0.3 is 0 Å². The Bertz CT molecular complexity index is 1590. The van der Waals surface area contributed by atoms with Gasteiger partial charge in [0.25, 0.3) is 5.91 Å². The van der Waals surface area contributed by atoms with Gasteiger partial charge in [0.05, 0.1) is 0 Å². The van der Waals surface area contributed by atoms with E-state index in [0.717, 1.165) is 41.7 Å². The monoisotopic (exact) mass is 563 g/mol. The second-order valence-corrected chi connectivity index (χ2v) is 11.4. The summed E-state index contributed by atoms with van der Waals surface area (Å²) in [6.45, 7) is 4.72. The van der Waals surface area contributed by atoms with Gasteiger partial charge in [0.1, 0.15) is 6.04 Å². The first-order chi connectivity index (χ1) is 20.5. The molecule has 0 saturated carbocycles. The molecule has 8 heteroatoms. The highest BCUT2D eigenvalue weighted by molar-refractivity contribution is 5.99. The number of rotatable bonds is 7. The Morgan fingerprint density at radius 1 is 0.929 bits per heavy atom. The van der Waals surface area contributed by atoms with E-state index in [2.05, 4.69) is 27.0 Å². The molecule has 0 unspecified atom stereocenters. The first-order valence-corrected chi connectivity index (χ1v) is 14.8. The third-order valence-electron chi connectivity index (χ3n) is 8.73. The van der Waals surface area contributed by atoms with Crippen LogP contribution in [0.25, 0.3) is 10.9 Å². The predicted molar refractivity (Wildman–Crippen MR) is 164 cm³/mol. The Morgan fingerprint density at radius 2 is 1.69 bits per heavy atom. The summed E-state index contributed by atoms with van der Waals surface area (Å²) in [6, 6.07) is 22.5. The molecule has 3 heterocycles. The Morgan fingerprint density at radius 3 is 2.50 bits per heavy atom. The number of anilines is 1. The summed E-state index contributed by atoms with van der Waals surface area (Å²) in [5.41, 5.74) is 5.82. The van der Waals surface area contributed by atoms with Crippen molar-refractivity contribution >= 4 is 34.3 Å². The number of para-hydroxylation sites is 1. The van der Waals surface area contributed by atoms with Gasteiger partial charge in [-0.05, 0) is 72.8 Å². The molecular weight excluding hydrogens is 526 g/mol. The quantitative estimate of drug-likeness (QED) is 0.264. The Kier molecular flexibility index (Phi) is 8.06. The minimum Gasteiger partial charge on any atom is -0.361 e. The van der Waals surface area contributed by atoms with Crippen molar-refractivity contribution in [2.75, 3.05) is 25.0 Å². The van der Waals surface area contributed by atoms with Crippen LogP contribution in [0.2, 0.25) is 0 Å². The zero-order valence-corrected chi connectivity index (χ0v) is 23.9. The number of amides is 3. The van der Waals surface area contributed by atoms with E-state index in [-0.39, 0.29) is 29.6 Å². The van der Waals surface area contributed by atoms with E-state index < -0.39 is 6.04 Å². The van der Waals surface area contributed by atoms with E-state index in [9.17, 15) is 14.4 Å². The highest BCUT2D eigenvalue weighted by atomic mass is 16.2. The van der Waals surface area contributed by atoms with Crippen molar-refractivity contribution in [2.24, 2.45) is 5.92 Å². The largest absolute Gasteiger partial charge is 0.361 e. The van der Waals surface area contributed by atoms with Gasteiger partial charge < -0.3 is 25.8 Å². The van der Waals surface area contributed by atoms with Crippen LogP contribution in [0.4, 0.5) is 5.69 Å². The number of hydrogen-bond acceptors (Lipinski definition) is 4. The average Bonchev–Trinajstić information content (AvgIpc) is 3.47. The smallest absolute Gasteiger partial charge is 0.253 e. The fraction of sp³-hybridized carbons (Fsp3) is 0.324. The summed E-state index contributed by atoms with van der Waals surface area (Å²) < 4.78 is 0. The van der Waals surface area contributed by atoms with Crippen molar-refractivity contribution in [1.82, 2.24) is 20.5 Å². The molecule has 8 nitrogen and oxygen atoms in total. The van der Waals surface area contributed by atoms with Gasteiger partial charge in [0.2, 0.25) is 11.8 Å². The Hall–Kier alpha value is -4.43. The van der Waals surface area contributed by atoms with Gasteiger partial charge in [-0.15, -0.1) is 0 Å². The van der Waals surface area contributed by atoms with Gasteiger partial charge in [-0.2, -0.15) is 0 Å². The lowest BCUT2D eigenvalue weighted by atomic mass is 9.90. The molecule has 1 aromatic heterocycles. The SMILES string of the molecule is C[C@H](c1c[nH]c2ccccc12)[C@@H](NC(=O)C1CCN(C(=O)c2ccccc2)CC1)C(=O)Nc1ccc2c(c1)CNCC2. The van der Waals surface area contributed by atoms with Gasteiger partial charge in [-0.3, -0.25) is 14.4 Å². The zero-order valence-electron chi connectivity index (χ0n) is 23.9. The first kappa shape index (κ1) is 27.7. The number of nitrogens with one attached hydrogen (secondary N) is 4. The number of carbonyl (C=O) groups is 3. The molecule has 0 bridgehead atoms. The van der Waals surface area contributed by atoms with Crippen LogP contribution < -0.4 is 16.0 Å². The summed E-state index contributed by atoms with van der Waals surface area (Å²) in [7, 11) is 0. The summed E-state index contributed by atoms with van der Waals surface area (Å²) in [5.74, 6) is -0.973. The molecule has 3 aromatic carbocycles. The van der Waals surface area contributed by atoms with Crippen LogP contribution in [0.15, 0.2) is 79.0 Å². The number of aromatic nitrogens is 1. The lowest BCUT2D eigenvalue weighted by Gasteiger charge is -2.33. The summed E-state index contributed by atoms with van der Waals surface area (Å²) >= 11 is 0. The number of H-pyrrole nitrogens is 1. The molecule has 0 spiro atoms. The number of benzene rings is 3. The van der Waals surface area contributed by atoms with Crippen LogP contribution in [0.5, 0.6) is 0 Å². The number of carbonyl (C=O) groups excluding carboxylic acids is 3. The number of fused-ring (bicyclic) bond motifs is 2. The summed E-state index contributed by atoms with van der Waals surface area (Å²) in [4.78, 5) is 45.5. The maximum absolute atomic E-state index is 13.9. The van der Waals surface area contributed by atoms with Gasteiger partial charge in [-0.25, -0.2) is 0 Å². The van der Waals surface area contributed by atoms with E-state index in [4.69, 9.17) is 0 Å². The number of nitrogens with zero attached hydrogens (tertiary/aromatic N) is 1. The van der Waals surface area contributed by atoms with Crippen molar-refractivity contribution in [2.45, 2.75) is 44.7 Å². The topological polar surface area (TPSA) is 106 Å². The highest BCUT2D eigenvalue weighted by Gasteiger charge is 2.34. The molecule has 1 saturated heterocycles. The lowest BCUT2D eigenvalue weighted by molar-refractivity contribution is -0.130. The molecule has 4 aromatic rings. The van der Waals surface area contributed by atoms with Crippen LogP contribution >= 0.6 is 0 Å². The van der Waals surface area contributed by atoms with Gasteiger partial charge in [0.15, 0.2) is 0 Å². The van der Waals surface area contributed by atoms with Crippen LogP contribution in [-0.2, 0) is 22.6 Å². The lowest BCUT2D eigenvalue weighted by Crippen LogP contribution is -2.50. The molecule has 216 valence electrons. The summed E-state index contributed by atoms with van der Waals surface area (Å²) in [6.07, 6.45) is 4.01. The normalized spacial score (nSPS) is 16.8. The van der Waals surface area contributed by atoms with Crippen LogP contribution in [-0.4, -0.2) is 53.3 Å². The molecule has 2 aliphatic rings. The van der Waals surface area contributed by atoms with E-state index >= 15 is 0 Å². The fourth-order valence-corrected chi connectivity index (χ4v) is 6.23. The molecule has 3 amide bonds. The maximum Gasteiger partial charge on any atom is 0.253 e. The van der Waals surface area contributed by atoms with E-state index in [0.29, 0.717) is 31.5 Å². The molecule has 2 atom stereocenters. The number of piperidine rings is 1. The minimum absolute atomic E-state index is 0.0140. The van der Waals surface area contributed by atoms with Crippen molar-refractivity contribution < 1.29 is 14.4 Å². The van der Waals surface area contributed by atoms with Gasteiger partial charge in [0, 0.05) is 59.8 Å². The van der Waals surface area contributed by atoms with Crippen molar-refractivity contribution in [1.29, 1.82) is 0 Å². The minimum atomic E-state index is -0.783. The summed E-state index contributed by atoms with van der Waals surface area (Å²) in [5, 5.41) is 10.6. The van der Waals surface area contributed by atoms with Crippen molar-refractivity contribution in [3.63, 3.8) is 0 Å². The van der Waals surface area contributed by atoms with Crippen LogP contribution in [0, 0.1) is 5.92 Å². The second kappa shape index (κ2) is 12.2. The molecule has 0 aliphatic carbocycles. The first-order valence-electron chi connectivity index (χ1n) is 14.8. The number of aromatic amines is 1. The molecular formula is C34H37N5O3. The average molecular weight is 564 g/mol. The van der Waals surface area contributed by atoms with Gasteiger partial charge in [-0.1, -0.05) is 49.4 Å². The Labute approximate surface area is 245 Å². The molecule has 1 fully saturated rings.